The molecule has 0 bridgehead atoms. The highest BCUT2D eigenvalue weighted by atomic mass is 127. The van der Waals surface area contributed by atoms with E-state index in [4.69, 9.17) is 4.74 Å². The number of aryl methyl sites for hydroxylation is 1. The minimum atomic E-state index is 0.107. The van der Waals surface area contributed by atoms with E-state index < -0.39 is 0 Å². The van der Waals surface area contributed by atoms with E-state index >= 15 is 0 Å². The van der Waals surface area contributed by atoms with Crippen LogP contribution in [0.2, 0.25) is 0 Å². The summed E-state index contributed by atoms with van der Waals surface area (Å²) < 4.78 is 6.46. The Morgan fingerprint density at radius 1 is 1.61 bits per heavy atom. The van der Waals surface area contributed by atoms with E-state index in [0.29, 0.717) is 19.8 Å². The van der Waals surface area contributed by atoms with Crippen molar-refractivity contribution in [2.24, 2.45) is 0 Å². The second-order valence-electron chi connectivity index (χ2n) is 4.32. The molecule has 1 unspecified atom stereocenters. The SMILES string of the molecule is Cc1cccc(C(=O)N2CCOCC2CBr)c1I. The van der Waals surface area contributed by atoms with E-state index in [1.54, 1.807) is 0 Å². The molecule has 1 aliphatic heterocycles. The highest BCUT2D eigenvalue weighted by Crippen LogP contribution is 2.21. The summed E-state index contributed by atoms with van der Waals surface area (Å²) in [5, 5.41) is 0.751. The first-order chi connectivity index (χ1) is 8.65. The molecule has 5 heteroatoms. The summed E-state index contributed by atoms with van der Waals surface area (Å²) in [5.74, 6) is 0.107. The number of morpholine rings is 1. The van der Waals surface area contributed by atoms with Crippen molar-refractivity contribution < 1.29 is 9.53 Å². The van der Waals surface area contributed by atoms with Gasteiger partial charge in [-0.1, -0.05) is 28.1 Å². The molecule has 0 aliphatic carbocycles. The Labute approximate surface area is 129 Å². The fourth-order valence-corrected chi connectivity index (χ4v) is 3.14. The van der Waals surface area contributed by atoms with Crippen LogP contribution in [-0.2, 0) is 4.74 Å². The zero-order chi connectivity index (χ0) is 13.1. The van der Waals surface area contributed by atoms with E-state index in [-0.39, 0.29) is 11.9 Å². The number of hydrogen-bond acceptors (Lipinski definition) is 2. The van der Waals surface area contributed by atoms with E-state index in [2.05, 4.69) is 38.5 Å². The van der Waals surface area contributed by atoms with Gasteiger partial charge in [0.2, 0.25) is 0 Å². The Kier molecular flexibility index (Phi) is 5.03. The van der Waals surface area contributed by atoms with E-state index in [1.165, 1.54) is 0 Å². The van der Waals surface area contributed by atoms with Crippen LogP contribution in [0.3, 0.4) is 0 Å². The van der Waals surface area contributed by atoms with Crippen LogP contribution in [0.1, 0.15) is 15.9 Å². The predicted octanol–water partition coefficient (Wildman–Crippen LogP) is 2.84. The summed E-state index contributed by atoms with van der Waals surface area (Å²) in [4.78, 5) is 14.5. The lowest BCUT2D eigenvalue weighted by molar-refractivity contribution is 0.00518. The maximum absolute atomic E-state index is 12.6. The number of nitrogens with zero attached hydrogens (tertiary/aromatic N) is 1. The number of alkyl halides is 1. The number of ether oxygens (including phenoxy) is 1. The summed E-state index contributed by atoms with van der Waals surface area (Å²) in [6.45, 7) is 3.93. The minimum Gasteiger partial charge on any atom is -0.377 e. The molecule has 18 heavy (non-hydrogen) atoms. The lowest BCUT2D eigenvalue weighted by atomic mass is 10.1. The first-order valence-corrected chi connectivity index (χ1v) is 8.05. The van der Waals surface area contributed by atoms with Gasteiger partial charge in [-0.3, -0.25) is 4.79 Å². The Balaban J connectivity index is 2.27. The first kappa shape index (κ1) is 14.3. The summed E-state index contributed by atoms with van der Waals surface area (Å²) in [6.07, 6.45) is 0. The molecule has 0 N–H and O–H groups in total. The Bertz CT molecular complexity index is 453. The first-order valence-electron chi connectivity index (χ1n) is 5.85. The largest absolute Gasteiger partial charge is 0.377 e. The van der Waals surface area contributed by atoms with Crippen LogP contribution < -0.4 is 0 Å². The van der Waals surface area contributed by atoms with Crippen molar-refractivity contribution in [2.45, 2.75) is 13.0 Å². The fourth-order valence-electron chi connectivity index (χ4n) is 2.02. The number of carbonyl (C=O) groups is 1. The van der Waals surface area contributed by atoms with Gasteiger partial charge in [0.1, 0.15) is 0 Å². The second-order valence-corrected chi connectivity index (χ2v) is 6.04. The molecule has 0 saturated carbocycles. The fraction of sp³-hybridized carbons (Fsp3) is 0.462. The van der Waals surface area contributed by atoms with Gasteiger partial charge in [-0.2, -0.15) is 0 Å². The third kappa shape index (κ3) is 2.88. The van der Waals surface area contributed by atoms with Crippen molar-refractivity contribution in [3.05, 3.63) is 32.9 Å². The standard InChI is InChI=1S/C13H15BrINO2/c1-9-3-2-4-11(12(9)15)13(17)16-5-6-18-8-10(16)7-14/h2-4,10H,5-8H2,1H3. The lowest BCUT2D eigenvalue weighted by Gasteiger charge is -2.35. The number of amides is 1. The minimum absolute atomic E-state index is 0.107. The number of carbonyl (C=O) groups excluding carboxylic acids is 1. The van der Waals surface area contributed by atoms with E-state index in [9.17, 15) is 4.79 Å². The van der Waals surface area contributed by atoms with Gasteiger partial charge in [0, 0.05) is 15.4 Å². The molecular weight excluding hydrogens is 409 g/mol. The van der Waals surface area contributed by atoms with Gasteiger partial charge in [0.25, 0.3) is 5.91 Å². The van der Waals surface area contributed by atoms with Gasteiger partial charge in [0.15, 0.2) is 0 Å². The molecule has 1 amide bonds. The van der Waals surface area contributed by atoms with Gasteiger partial charge in [-0.05, 0) is 41.1 Å². The van der Waals surface area contributed by atoms with Crippen LogP contribution in [0.15, 0.2) is 18.2 Å². The maximum Gasteiger partial charge on any atom is 0.255 e. The average molecular weight is 424 g/mol. The molecule has 1 fully saturated rings. The molecule has 1 atom stereocenters. The molecule has 3 nitrogen and oxygen atoms in total. The molecule has 1 aromatic rings. The van der Waals surface area contributed by atoms with Crippen molar-refractivity contribution in [3.63, 3.8) is 0 Å². The van der Waals surface area contributed by atoms with Crippen LogP contribution in [0, 0.1) is 10.5 Å². The van der Waals surface area contributed by atoms with Crippen molar-refractivity contribution in [1.29, 1.82) is 0 Å². The van der Waals surface area contributed by atoms with Gasteiger partial charge in [-0.15, -0.1) is 0 Å². The van der Waals surface area contributed by atoms with Crippen molar-refractivity contribution in [1.82, 2.24) is 4.90 Å². The highest BCUT2D eigenvalue weighted by Gasteiger charge is 2.28. The Morgan fingerprint density at radius 2 is 2.39 bits per heavy atom. The molecule has 1 aromatic carbocycles. The molecule has 0 spiro atoms. The monoisotopic (exact) mass is 423 g/mol. The Hall–Kier alpha value is -0.140. The summed E-state index contributed by atoms with van der Waals surface area (Å²) in [5.41, 5.74) is 1.94. The molecular formula is C13H15BrINO2. The molecule has 2 rings (SSSR count). The summed E-state index contributed by atoms with van der Waals surface area (Å²) in [7, 11) is 0. The highest BCUT2D eigenvalue weighted by molar-refractivity contribution is 14.1. The van der Waals surface area contributed by atoms with Crippen LogP contribution >= 0.6 is 38.5 Å². The van der Waals surface area contributed by atoms with Crippen molar-refractivity contribution >= 4 is 44.4 Å². The smallest absolute Gasteiger partial charge is 0.255 e. The third-order valence-corrected chi connectivity index (χ3v) is 5.27. The quantitative estimate of drug-likeness (QED) is 0.540. The molecule has 1 aliphatic rings. The van der Waals surface area contributed by atoms with Gasteiger partial charge >= 0.3 is 0 Å². The molecule has 0 radical (unpaired) electrons. The van der Waals surface area contributed by atoms with Gasteiger partial charge in [-0.25, -0.2) is 0 Å². The zero-order valence-electron chi connectivity index (χ0n) is 10.2. The molecule has 1 saturated heterocycles. The molecule has 0 aromatic heterocycles. The molecule has 98 valence electrons. The van der Waals surface area contributed by atoms with Crippen molar-refractivity contribution in [2.75, 3.05) is 25.1 Å². The second kappa shape index (κ2) is 6.34. The van der Waals surface area contributed by atoms with Crippen molar-refractivity contribution in [3.8, 4) is 0 Å². The van der Waals surface area contributed by atoms with Crippen LogP contribution in [0.5, 0.6) is 0 Å². The molecule has 1 heterocycles. The van der Waals surface area contributed by atoms with E-state index in [0.717, 1.165) is 20.0 Å². The Morgan fingerprint density at radius 3 is 3.11 bits per heavy atom. The van der Waals surface area contributed by atoms with E-state index in [1.807, 2.05) is 30.0 Å². The topological polar surface area (TPSA) is 29.5 Å². The summed E-state index contributed by atoms with van der Waals surface area (Å²) in [6, 6.07) is 5.99. The number of benzene rings is 1. The normalized spacial score (nSPS) is 19.9. The van der Waals surface area contributed by atoms with Gasteiger partial charge in [0.05, 0.1) is 24.8 Å². The van der Waals surface area contributed by atoms with Crippen LogP contribution in [0.25, 0.3) is 0 Å². The summed E-state index contributed by atoms with van der Waals surface area (Å²) >= 11 is 5.69. The lowest BCUT2D eigenvalue weighted by Crippen LogP contribution is -2.49. The zero-order valence-corrected chi connectivity index (χ0v) is 13.9. The maximum atomic E-state index is 12.6. The third-order valence-electron chi connectivity index (χ3n) is 3.09. The number of halogens is 2. The predicted molar refractivity (Wildman–Crippen MR) is 83.3 cm³/mol. The number of hydrogen-bond donors (Lipinski definition) is 0. The average Bonchev–Trinajstić information content (AvgIpc) is 2.41. The van der Waals surface area contributed by atoms with Crippen LogP contribution in [-0.4, -0.2) is 41.9 Å². The van der Waals surface area contributed by atoms with Gasteiger partial charge < -0.3 is 9.64 Å². The number of rotatable bonds is 2. The van der Waals surface area contributed by atoms with Crippen LogP contribution in [0.4, 0.5) is 0 Å².